The molecule has 0 unspecified atom stereocenters. The van der Waals surface area contributed by atoms with Gasteiger partial charge >= 0.3 is 0 Å². The summed E-state index contributed by atoms with van der Waals surface area (Å²) in [7, 11) is 0. The summed E-state index contributed by atoms with van der Waals surface area (Å²) in [6, 6.07) is 0. The van der Waals surface area contributed by atoms with Gasteiger partial charge in [-0.2, -0.15) is 0 Å². The van der Waals surface area contributed by atoms with Gasteiger partial charge in [0, 0.05) is 38.0 Å². The lowest BCUT2D eigenvalue weighted by atomic mass is 10.3. The maximum Gasteiger partial charge on any atom is 0.224 e. The minimum Gasteiger partial charge on any atom is -0.369 e. The number of aryl methyl sites for hydroxylation is 1. The summed E-state index contributed by atoms with van der Waals surface area (Å²) in [6.45, 7) is 6.35. The van der Waals surface area contributed by atoms with Crippen LogP contribution in [0.15, 0.2) is 0 Å². The molecule has 0 radical (unpaired) electrons. The van der Waals surface area contributed by atoms with Gasteiger partial charge in [-0.05, 0) is 26.2 Å². The predicted molar refractivity (Wildman–Crippen MR) is 84.7 cm³/mol. The van der Waals surface area contributed by atoms with E-state index in [2.05, 4.69) is 22.2 Å². The number of amides is 1. The third-order valence-electron chi connectivity index (χ3n) is 3.70. The van der Waals surface area contributed by atoms with Crippen molar-refractivity contribution in [1.82, 2.24) is 14.9 Å². The second-order valence-corrected chi connectivity index (χ2v) is 5.78. The SMILES string of the molecule is CCCc1nc(Cl)c(C)c(NCCC(=O)N2CCCC2)n1. The molecule has 1 aromatic rings. The smallest absolute Gasteiger partial charge is 0.224 e. The van der Waals surface area contributed by atoms with Crippen LogP contribution in [0.25, 0.3) is 0 Å². The Morgan fingerprint density at radius 2 is 2.05 bits per heavy atom. The third kappa shape index (κ3) is 4.30. The predicted octanol–water partition coefficient (Wildman–Crippen LogP) is 2.82. The van der Waals surface area contributed by atoms with E-state index in [1.807, 2.05) is 11.8 Å². The number of hydrogen-bond acceptors (Lipinski definition) is 4. The fourth-order valence-corrected chi connectivity index (χ4v) is 2.64. The highest BCUT2D eigenvalue weighted by atomic mass is 35.5. The standard InChI is InChI=1S/C15H23ClN4O/c1-3-6-12-18-14(16)11(2)15(19-12)17-8-7-13(21)20-9-4-5-10-20/h3-10H2,1-2H3,(H,17,18,19). The van der Waals surface area contributed by atoms with Crippen LogP contribution in [0.4, 0.5) is 5.82 Å². The van der Waals surface area contributed by atoms with Gasteiger partial charge in [0.1, 0.15) is 16.8 Å². The first kappa shape index (κ1) is 16.0. The number of rotatable bonds is 6. The lowest BCUT2D eigenvalue weighted by Gasteiger charge is -2.16. The molecular weight excluding hydrogens is 288 g/mol. The lowest BCUT2D eigenvalue weighted by molar-refractivity contribution is -0.129. The van der Waals surface area contributed by atoms with Crippen LogP contribution in [-0.2, 0) is 11.2 Å². The Hall–Kier alpha value is -1.36. The van der Waals surface area contributed by atoms with Crippen LogP contribution in [0.5, 0.6) is 0 Å². The van der Waals surface area contributed by atoms with Gasteiger partial charge in [0.15, 0.2) is 0 Å². The summed E-state index contributed by atoms with van der Waals surface area (Å²) in [5.74, 6) is 1.71. The van der Waals surface area contributed by atoms with Gasteiger partial charge in [-0.15, -0.1) is 0 Å². The maximum absolute atomic E-state index is 12.0. The number of carbonyl (C=O) groups is 1. The van der Waals surface area contributed by atoms with Crippen molar-refractivity contribution < 1.29 is 4.79 Å². The van der Waals surface area contributed by atoms with Gasteiger partial charge in [-0.25, -0.2) is 9.97 Å². The molecule has 1 aliphatic heterocycles. The fraction of sp³-hybridized carbons (Fsp3) is 0.667. The highest BCUT2D eigenvalue weighted by Crippen LogP contribution is 2.20. The van der Waals surface area contributed by atoms with Gasteiger partial charge in [0.25, 0.3) is 0 Å². The second-order valence-electron chi connectivity index (χ2n) is 5.42. The minimum atomic E-state index is 0.214. The summed E-state index contributed by atoms with van der Waals surface area (Å²) in [5.41, 5.74) is 0.838. The average molecular weight is 311 g/mol. The first-order valence-corrected chi connectivity index (χ1v) is 8.04. The lowest BCUT2D eigenvalue weighted by Crippen LogP contribution is -2.29. The van der Waals surface area contributed by atoms with E-state index in [-0.39, 0.29) is 5.91 Å². The molecule has 2 rings (SSSR count). The Morgan fingerprint density at radius 1 is 1.33 bits per heavy atom. The zero-order valence-electron chi connectivity index (χ0n) is 12.8. The number of nitrogens with zero attached hydrogens (tertiary/aromatic N) is 3. The Labute approximate surface area is 131 Å². The largest absolute Gasteiger partial charge is 0.369 e. The number of nitrogens with one attached hydrogen (secondary N) is 1. The van der Waals surface area contributed by atoms with Gasteiger partial charge in [-0.1, -0.05) is 18.5 Å². The molecule has 0 aromatic carbocycles. The van der Waals surface area contributed by atoms with Crippen LogP contribution in [-0.4, -0.2) is 40.4 Å². The van der Waals surface area contributed by atoms with E-state index >= 15 is 0 Å². The number of anilines is 1. The molecule has 1 aromatic heterocycles. The summed E-state index contributed by atoms with van der Waals surface area (Å²) in [4.78, 5) is 22.7. The quantitative estimate of drug-likeness (QED) is 0.821. The molecule has 0 atom stereocenters. The van der Waals surface area contributed by atoms with Crippen LogP contribution >= 0.6 is 11.6 Å². The van der Waals surface area contributed by atoms with Crippen LogP contribution in [0, 0.1) is 6.92 Å². The van der Waals surface area contributed by atoms with Gasteiger partial charge in [0.05, 0.1) is 0 Å². The Morgan fingerprint density at radius 3 is 2.71 bits per heavy atom. The van der Waals surface area contributed by atoms with E-state index < -0.39 is 0 Å². The van der Waals surface area contributed by atoms with E-state index in [1.54, 1.807) is 0 Å². The molecule has 2 heterocycles. The first-order chi connectivity index (χ1) is 10.1. The van der Waals surface area contributed by atoms with Gasteiger partial charge in [0.2, 0.25) is 5.91 Å². The number of halogens is 1. The highest BCUT2D eigenvalue weighted by Gasteiger charge is 2.17. The molecule has 0 bridgehead atoms. The van der Waals surface area contributed by atoms with Crippen LogP contribution in [0.1, 0.15) is 44.0 Å². The molecule has 1 aliphatic rings. The zero-order valence-corrected chi connectivity index (χ0v) is 13.5. The van der Waals surface area contributed by atoms with Crippen molar-refractivity contribution >= 4 is 23.3 Å². The summed E-state index contributed by atoms with van der Waals surface area (Å²) in [6.07, 6.45) is 4.53. The number of hydrogen-bond donors (Lipinski definition) is 1. The molecule has 1 amide bonds. The summed E-state index contributed by atoms with van der Waals surface area (Å²) < 4.78 is 0. The molecule has 1 saturated heterocycles. The summed E-state index contributed by atoms with van der Waals surface area (Å²) in [5, 5.41) is 3.71. The molecule has 0 aliphatic carbocycles. The van der Waals surface area contributed by atoms with Crippen molar-refractivity contribution in [2.24, 2.45) is 0 Å². The highest BCUT2D eigenvalue weighted by molar-refractivity contribution is 6.30. The molecule has 5 nitrogen and oxygen atoms in total. The van der Waals surface area contributed by atoms with Crippen molar-refractivity contribution in [1.29, 1.82) is 0 Å². The van der Waals surface area contributed by atoms with E-state index in [9.17, 15) is 4.79 Å². The average Bonchev–Trinajstić information content (AvgIpc) is 2.98. The fourth-order valence-electron chi connectivity index (χ4n) is 2.45. The van der Waals surface area contributed by atoms with Crippen molar-refractivity contribution in [3.05, 3.63) is 16.5 Å². The molecule has 1 N–H and O–H groups in total. The number of likely N-dealkylation sites (tertiary alicyclic amines) is 1. The Balaban J connectivity index is 1.91. The second kappa shape index (κ2) is 7.59. The zero-order chi connectivity index (χ0) is 15.2. The molecular formula is C15H23ClN4O. The van der Waals surface area contributed by atoms with Crippen molar-refractivity contribution in [2.75, 3.05) is 25.0 Å². The monoisotopic (exact) mass is 310 g/mol. The van der Waals surface area contributed by atoms with E-state index in [4.69, 9.17) is 11.6 Å². The van der Waals surface area contributed by atoms with Gasteiger partial charge in [-0.3, -0.25) is 4.79 Å². The molecule has 21 heavy (non-hydrogen) atoms. The van der Waals surface area contributed by atoms with E-state index in [1.165, 1.54) is 0 Å². The van der Waals surface area contributed by atoms with Crippen molar-refractivity contribution in [3.63, 3.8) is 0 Å². The number of aromatic nitrogens is 2. The topological polar surface area (TPSA) is 58.1 Å². The van der Waals surface area contributed by atoms with Crippen LogP contribution in [0.2, 0.25) is 5.15 Å². The van der Waals surface area contributed by atoms with Gasteiger partial charge < -0.3 is 10.2 Å². The normalized spacial score (nSPS) is 14.5. The third-order valence-corrected chi connectivity index (χ3v) is 4.06. The summed E-state index contributed by atoms with van der Waals surface area (Å²) >= 11 is 6.13. The molecule has 116 valence electrons. The first-order valence-electron chi connectivity index (χ1n) is 7.66. The molecule has 0 saturated carbocycles. The van der Waals surface area contributed by atoms with Crippen molar-refractivity contribution in [2.45, 2.75) is 46.0 Å². The minimum absolute atomic E-state index is 0.214. The molecule has 6 heteroatoms. The number of carbonyl (C=O) groups excluding carboxylic acids is 1. The Bertz CT molecular complexity index is 501. The van der Waals surface area contributed by atoms with Crippen LogP contribution in [0.3, 0.4) is 0 Å². The molecule has 1 fully saturated rings. The van der Waals surface area contributed by atoms with E-state index in [0.717, 1.165) is 56.0 Å². The van der Waals surface area contributed by atoms with Crippen LogP contribution < -0.4 is 5.32 Å². The Kier molecular flexibility index (Phi) is 5.79. The van der Waals surface area contributed by atoms with E-state index in [0.29, 0.717) is 18.1 Å². The van der Waals surface area contributed by atoms with Crippen molar-refractivity contribution in [3.8, 4) is 0 Å². The maximum atomic E-state index is 12.0. The molecule has 0 spiro atoms.